The topological polar surface area (TPSA) is 71.1 Å². The van der Waals surface area contributed by atoms with E-state index >= 15 is 0 Å². The van der Waals surface area contributed by atoms with E-state index in [9.17, 15) is 22.8 Å². The second kappa shape index (κ2) is 8.00. The molecule has 2 heterocycles. The molecule has 0 aliphatic carbocycles. The largest absolute Gasteiger partial charge is 0.457 e. The molecule has 2 aliphatic heterocycles. The van der Waals surface area contributed by atoms with E-state index in [1.165, 1.54) is 43.4 Å². The molecule has 0 bridgehead atoms. The number of halogens is 3. The van der Waals surface area contributed by atoms with Crippen molar-refractivity contribution < 1.29 is 41.7 Å². The highest BCUT2D eigenvalue weighted by Gasteiger charge is 2.64. The molecule has 0 amide bonds. The highest BCUT2D eigenvalue weighted by Crippen LogP contribution is 2.43. The molecule has 1 aromatic rings. The van der Waals surface area contributed by atoms with Crippen molar-refractivity contribution >= 4 is 11.9 Å². The Labute approximate surface area is 164 Å². The van der Waals surface area contributed by atoms with Crippen LogP contribution in [0.1, 0.15) is 12.5 Å². The quantitative estimate of drug-likeness (QED) is 0.547. The van der Waals surface area contributed by atoms with Gasteiger partial charge >= 0.3 is 18.1 Å². The summed E-state index contributed by atoms with van der Waals surface area (Å²) in [7, 11) is 0.801. The molecule has 9 heteroatoms. The fourth-order valence-corrected chi connectivity index (χ4v) is 3.21. The van der Waals surface area contributed by atoms with Gasteiger partial charge < -0.3 is 18.9 Å². The number of esters is 2. The molecule has 2 aliphatic rings. The lowest BCUT2D eigenvalue weighted by Gasteiger charge is -2.36. The number of fused-ring (bicyclic) bond motifs is 1. The van der Waals surface area contributed by atoms with E-state index in [0.29, 0.717) is 0 Å². The maximum Gasteiger partial charge on any atom is 0.432 e. The van der Waals surface area contributed by atoms with Crippen molar-refractivity contribution in [3.8, 4) is 0 Å². The molecule has 0 spiro atoms. The zero-order chi connectivity index (χ0) is 21.2. The van der Waals surface area contributed by atoms with Gasteiger partial charge in [-0.15, -0.1) is 0 Å². The highest BCUT2D eigenvalue weighted by atomic mass is 19.4. The maximum atomic E-state index is 13.9. The molecule has 3 rings (SSSR count). The van der Waals surface area contributed by atoms with Gasteiger partial charge in [-0.2, -0.15) is 13.2 Å². The molecule has 3 unspecified atom stereocenters. The van der Waals surface area contributed by atoms with Crippen LogP contribution in [-0.4, -0.2) is 49.6 Å². The fourth-order valence-electron chi connectivity index (χ4n) is 3.21. The molecule has 5 atom stereocenters. The number of alkyl halides is 3. The van der Waals surface area contributed by atoms with E-state index in [1.54, 1.807) is 6.08 Å². The van der Waals surface area contributed by atoms with E-state index in [0.717, 1.165) is 19.2 Å². The molecule has 6 nitrogen and oxygen atoms in total. The molecule has 156 valence electrons. The summed E-state index contributed by atoms with van der Waals surface area (Å²) in [5.74, 6) is -2.12. The molecule has 0 radical (unpaired) electrons. The van der Waals surface area contributed by atoms with E-state index in [2.05, 4.69) is 0 Å². The van der Waals surface area contributed by atoms with E-state index in [4.69, 9.17) is 18.9 Å². The van der Waals surface area contributed by atoms with Crippen LogP contribution in [-0.2, 0) is 34.1 Å². The van der Waals surface area contributed by atoms with Crippen molar-refractivity contribution in [3.63, 3.8) is 0 Å². The minimum Gasteiger partial charge on any atom is -0.457 e. The minimum absolute atomic E-state index is 0.394. The smallest absolute Gasteiger partial charge is 0.432 e. The molecule has 1 aromatic carbocycles. The summed E-state index contributed by atoms with van der Waals surface area (Å²) in [5.41, 5.74) is -3.67. The van der Waals surface area contributed by atoms with Crippen LogP contribution in [0, 0.1) is 0 Å². The zero-order valence-corrected chi connectivity index (χ0v) is 15.6. The van der Waals surface area contributed by atoms with Gasteiger partial charge in [-0.1, -0.05) is 36.4 Å². The van der Waals surface area contributed by atoms with Gasteiger partial charge in [-0.3, -0.25) is 0 Å². The molecule has 29 heavy (non-hydrogen) atoms. The number of hydrogen-bond acceptors (Lipinski definition) is 6. The summed E-state index contributed by atoms with van der Waals surface area (Å²) in [4.78, 5) is 24.0. The highest BCUT2D eigenvalue weighted by molar-refractivity contribution is 5.83. The first kappa shape index (κ1) is 21.1. The van der Waals surface area contributed by atoms with Gasteiger partial charge in [-0.05, 0) is 19.1 Å². The SMILES string of the molecule is CO[C@@](C(=O)O[C@@H](C)C1C=CC2OC(=O)C=CC2O1)(c1ccccc1)C(F)(F)F. The Morgan fingerprint density at radius 3 is 2.41 bits per heavy atom. The van der Waals surface area contributed by atoms with Gasteiger partial charge in [0, 0.05) is 18.7 Å². The third kappa shape index (κ3) is 3.92. The van der Waals surface area contributed by atoms with Gasteiger partial charge in [0.1, 0.15) is 18.3 Å². The third-order valence-electron chi connectivity index (χ3n) is 4.73. The van der Waals surface area contributed by atoms with Crippen LogP contribution >= 0.6 is 0 Å². The monoisotopic (exact) mass is 412 g/mol. The predicted molar refractivity (Wildman–Crippen MR) is 93.6 cm³/mol. The average molecular weight is 412 g/mol. The maximum absolute atomic E-state index is 13.9. The van der Waals surface area contributed by atoms with Gasteiger partial charge in [0.2, 0.25) is 0 Å². The Balaban J connectivity index is 1.81. The summed E-state index contributed by atoms with van der Waals surface area (Å²) in [6, 6.07) is 6.55. The van der Waals surface area contributed by atoms with E-state index in [1.807, 2.05) is 0 Å². The Hall–Kier alpha value is -2.65. The fraction of sp³-hybridized carbons (Fsp3) is 0.400. The molecule has 0 N–H and O–H groups in total. The number of carbonyl (C=O) groups is 2. The van der Waals surface area contributed by atoms with E-state index in [-0.39, 0.29) is 0 Å². The second-order valence-corrected chi connectivity index (χ2v) is 6.57. The standard InChI is InChI=1S/C20H19F3O6/c1-12(14-8-9-16-15(28-14)10-11-17(24)29-16)27-18(25)19(26-2,20(21,22)23)13-6-4-3-5-7-13/h3-12,14-16H,1-2H3/t12-,14?,15?,16?,19+/m0/s1. The lowest BCUT2D eigenvalue weighted by Crippen LogP contribution is -2.53. The molecular weight excluding hydrogens is 393 g/mol. The second-order valence-electron chi connectivity index (χ2n) is 6.57. The van der Waals surface area contributed by atoms with Crippen LogP contribution in [0.25, 0.3) is 0 Å². The minimum atomic E-state index is -5.06. The van der Waals surface area contributed by atoms with Crippen molar-refractivity contribution in [2.45, 2.75) is 43.1 Å². The van der Waals surface area contributed by atoms with Crippen molar-refractivity contribution in [1.29, 1.82) is 0 Å². The molecule has 0 fully saturated rings. The summed E-state index contributed by atoms with van der Waals surface area (Å²) >= 11 is 0. The van der Waals surface area contributed by atoms with Crippen molar-refractivity contribution in [1.82, 2.24) is 0 Å². The number of carbonyl (C=O) groups excluding carboxylic acids is 2. The Kier molecular flexibility index (Phi) is 5.81. The Bertz CT molecular complexity index is 819. The van der Waals surface area contributed by atoms with Crippen LogP contribution in [0.15, 0.2) is 54.6 Å². The number of rotatable bonds is 5. The van der Waals surface area contributed by atoms with Crippen LogP contribution in [0.4, 0.5) is 13.2 Å². The van der Waals surface area contributed by atoms with Gasteiger partial charge in [-0.25, -0.2) is 9.59 Å². The van der Waals surface area contributed by atoms with Crippen molar-refractivity contribution in [2.75, 3.05) is 7.11 Å². The number of hydrogen-bond donors (Lipinski definition) is 0. The number of benzene rings is 1. The van der Waals surface area contributed by atoms with Crippen LogP contribution in [0.2, 0.25) is 0 Å². The first-order chi connectivity index (χ1) is 13.7. The van der Waals surface area contributed by atoms with Crippen LogP contribution in [0.5, 0.6) is 0 Å². The third-order valence-corrected chi connectivity index (χ3v) is 4.73. The first-order valence-electron chi connectivity index (χ1n) is 8.80. The number of ether oxygens (including phenoxy) is 4. The van der Waals surface area contributed by atoms with Gasteiger partial charge in [0.05, 0.1) is 0 Å². The predicted octanol–water partition coefficient (Wildman–Crippen LogP) is 2.83. The first-order valence-corrected chi connectivity index (χ1v) is 8.80. The van der Waals surface area contributed by atoms with Crippen LogP contribution in [0.3, 0.4) is 0 Å². The summed E-state index contributed by atoms with van der Waals surface area (Å²) in [5, 5.41) is 0. The Morgan fingerprint density at radius 1 is 1.10 bits per heavy atom. The normalized spacial score (nSPS) is 26.8. The zero-order valence-electron chi connectivity index (χ0n) is 15.6. The lowest BCUT2D eigenvalue weighted by molar-refractivity contribution is -0.279. The van der Waals surface area contributed by atoms with Crippen molar-refractivity contribution in [2.24, 2.45) is 0 Å². The molecule has 0 aromatic heterocycles. The summed E-state index contributed by atoms with van der Waals surface area (Å²) in [6.07, 6.45) is -2.49. The van der Waals surface area contributed by atoms with E-state index < -0.39 is 53.7 Å². The van der Waals surface area contributed by atoms with Gasteiger partial charge in [0.25, 0.3) is 5.60 Å². The summed E-state index contributed by atoms with van der Waals surface area (Å²) in [6.45, 7) is 1.41. The summed E-state index contributed by atoms with van der Waals surface area (Å²) < 4.78 is 62.4. The molecular formula is C20H19F3O6. The Morgan fingerprint density at radius 2 is 1.79 bits per heavy atom. The molecule has 0 saturated heterocycles. The average Bonchev–Trinajstić information content (AvgIpc) is 2.68. The van der Waals surface area contributed by atoms with Crippen molar-refractivity contribution in [3.05, 3.63) is 60.2 Å². The number of methoxy groups -OCH3 is 1. The van der Waals surface area contributed by atoms with Crippen LogP contribution < -0.4 is 0 Å². The lowest BCUT2D eigenvalue weighted by atomic mass is 9.92. The van der Waals surface area contributed by atoms with Gasteiger partial charge in [0.15, 0.2) is 6.10 Å². The molecule has 0 saturated carbocycles.